The van der Waals surface area contributed by atoms with E-state index in [9.17, 15) is 4.79 Å². The van der Waals surface area contributed by atoms with Crippen LogP contribution in [0.25, 0.3) is 0 Å². The van der Waals surface area contributed by atoms with Gasteiger partial charge in [-0.3, -0.25) is 10.2 Å². The minimum atomic E-state index is -0.162. The smallest absolute Gasteiger partial charge is 0.266 e. The van der Waals surface area contributed by atoms with Crippen LogP contribution in [0.15, 0.2) is 23.2 Å². The second-order valence-electron chi connectivity index (χ2n) is 3.05. The number of amides is 1. The highest BCUT2D eigenvalue weighted by molar-refractivity contribution is 9.10. The SMILES string of the molecule is CCc1sc(C(=O)Nn2cnnc2)cc1Br. The van der Waals surface area contributed by atoms with E-state index in [0.717, 1.165) is 15.8 Å². The monoisotopic (exact) mass is 300 g/mol. The Balaban J connectivity index is 2.15. The normalized spacial score (nSPS) is 10.4. The molecule has 0 saturated heterocycles. The third-order valence-electron chi connectivity index (χ3n) is 1.95. The zero-order valence-corrected chi connectivity index (χ0v) is 10.9. The number of thiophene rings is 1. The van der Waals surface area contributed by atoms with Gasteiger partial charge in [0, 0.05) is 9.35 Å². The quantitative estimate of drug-likeness (QED) is 0.944. The minimum Gasteiger partial charge on any atom is -0.266 e. The molecule has 0 saturated carbocycles. The molecular formula is C9H9BrN4OS. The standard InChI is InChI=1S/C9H9BrN4OS/c1-2-7-6(10)3-8(16-7)9(15)13-14-4-11-12-5-14/h3-5H,2H2,1H3,(H,13,15). The van der Waals surface area contributed by atoms with Crippen LogP contribution in [0.3, 0.4) is 0 Å². The summed E-state index contributed by atoms with van der Waals surface area (Å²) in [6, 6.07) is 1.82. The largest absolute Gasteiger partial charge is 0.280 e. The Morgan fingerprint density at radius 1 is 1.56 bits per heavy atom. The van der Waals surface area contributed by atoms with Gasteiger partial charge < -0.3 is 0 Å². The Bertz CT molecular complexity index is 494. The van der Waals surface area contributed by atoms with E-state index in [1.54, 1.807) is 0 Å². The zero-order valence-electron chi connectivity index (χ0n) is 8.48. The molecule has 0 aliphatic carbocycles. The summed E-state index contributed by atoms with van der Waals surface area (Å²) in [4.78, 5) is 13.6. The third kappa shape index (κ3) is 2.30. The number of nitrogens with one attached hydrogen (secondary N) is 1. The predicted octanol–water partition coefficient (Wildman–Crippen LogP) is 2.05. The maximum absolute atomic E-state index is 11.8. The molecular weight excluding hydrogens is 292 g/mol. The lowest BCUT2D eigenvalue weighted by Crippen LogP contribution is -2.20. The van der Waals surface area contributed by atoms with Crippen LogP contribution in [-0.4, -0.2) is 20.8 Å². The highest BCUT2D eigenvalue weighted by Gasteiger charge is 2.12. The van der Waals surface area contributed by atoms with Crippen molar-refractivity contribution < 1.29 is 4.79 Å². The molecule has 2 aromatic heterocycles. The topological polar surface area (TPSA) is 59.8 Å². The fourth-order valence-corrected chi connectivity index (χ4v) is 2.98. The van der Waals surface area contributed by atoms with E-state index in [1.165, 1.54) is 28.7 Å². The van der Waals surface area contributed by atoms with Gasteiger partial charge in [-0.1, -0.05) is 6.92 Å². The van der Waals surface area contributed by atoms with Gasteiger partial charge in [-0.25, -0.2) is 4.68 Å². The second-order valence-corrected chi connectivity index (χ2v) is 5.04. The molecule has 1 N–H and O–H groups in total. The summed E-state index contributed by atoms with van der Waals surface area (Å²) in [5, 5.41) is 7.20. The number of halogens is 1. The van der Waals surface area contributed by atoms with Gasteiger partial charge in [-0.05, 0) is 28.4 Å². The van der Waals surface area contributed by atoms with E-state index in [-0.39, 0.29) is 5.91 Å². The van der Waals surface area contributed by atoms with Gasteiger partial charge in [0.05, 0.1) is 4.88 Å². The Morgan fingerprint density at radius 3 is 2.81 bits per heavy atom. The molecule has 0 spiro atoms. The molecule has 0 atom stereocenters. The molecule has 0 aliphatic heterocycles. The van der Waals surface area contributed by atoms with Gasteiger partial charge >= 0.3 is 0 Å². The molecule has 1 amide bonds. The van der Waals surface area contributed by atoms with Gasteiger partial charge in [-0.2, -0.15) is 0 Å². The molecule has 2 aromatic rings. The Morgan fingerprint density at radius 2 is 2.25 bits per heavy atom. The summed E-state index contributed by atoms with van der Waals surface area (Å²) in [6.45, 7) is 2.05. The predicted molar refractivity (Wildman–Crippen MR) is 65.1 cm³/mol. The number of hydrogen-bond acceptors (Lipinski definition) is 4. The number of carbonyl (C=O) groups excluding carboxylic acids is 1. The van der Waals surface area contributed by atoms with Crippen molar-refractivity contribution in [3.05, 3.63) is 32.9 Å². The third-order valence-corrected chi connectivity index (χ3v) is 4.20. The molecule has 84 valence electrons. The molecule has 5 nitrogen and oxygen atoms in total. The van der Waals surface area contributed by atoms with E-state index in [0.29, 0.717) is 4.88 Å². The lowest BCUT2D eigenvalue weighted by Gasteiger charge is -2.01. The molecule has 16 heavy (non-hydrogen) atoms. The number of aryl methyl sites for hydroxylation is 1. The van der Waals surface area contributed by atoms with Gasteiger partial charge in [-0.15, -0.1) is 21.5 Å². The van der Waals surface area contributed by atoms with Crippen LogP contribution >= 0.6 is 27.3 Å². The summed E-state index contributed by atoms with van der Waals surface area (Å²) in [5.74, 6) is -0.162. The van der Waals surface area contributed by atoms with Gasteiger partial charge in [0.15, 0.2) is 0 Å². The fraction of sp³-hybridized carbons (Fsp3) is 0.222. The Kier molecular flexibility index (Phi) is 3.35. The van der Waals surface area contributed by atoms with Crippen LogP contribution in [-0.2, 0) is 6.42 Å². The van der Waals surface area contributed by atoms with Crippen LogP contribution in [0.1, 0.15) is 21.5 Å². The highest BCUT2D eigenvalue weighted by atomic mass is 79.9. The number of rotatable bonds is 3. The maximum atomic E-state index is 11.8. The average molecular weight is 301 g/mol. The highest BCUT2D eigenvalue weighted by Crippen LogP contribution is 2.27. The van der Waals surface area contributed by atoms with E-state index < -0.39 is 0 Å². The van der Waals surface area contributed by atoms with E-state index in [2.05, 4.69) is 38.5 Å². The first kappa shape index (κ1) is 11.3. The summed E-state index contributed by atoms with van der Waals surface area (Å²) in [7, 11) is 0. The summed E-state index contributed by atoms with van der Waals surface area (Å²) in [5.41, 5.74) is 2.65. The van der Waals surface area contributed by atoms with Gasteiger partial charge in [0.1, 0.15) is 12.7 Å². The van der Waals surface area contributed by atoms with Gasteiger partial charge in [0.2, 0.25) is 0 Å². The van der Waals surface area contributed by atoms with E-state index in [4.69, 9.17) is 0 Å². The molecule has 0 aliphatic rings. The van der Waals surface area contributed by atoms with Crippen LogP contribution in [0, 0.1) is 0 Å². The molecule has 7 heteroatoms. The van der Waals surface area contributed by atoms with Crippen LogP contribution in [0.5, 0.6) is 0 Å². The lowest BCUT2D eigenvalue weighted by molar-refractivity contribution is 0.101. The van der Waals surface area contributed by atoms with E-state index in [1.807, 2.05) is 6.07 Å². The Labute approximate surface area is 105 Å². The summed E-state index contributed by atoms with van der Waals surface area (Å²) >= 11 is 4.90. The van der Waals surface area contributed by atoms with Crippen molar-refractivity contribution in [3.63, 3.8) is 0 Å². The number of hydrogen-bond donors (Lipinski definition) is 1. The first-order valence-corrected chi connectivity index (χ1v) is 6.26. The van der Waals surface area contributed by atoms with Crippen molar-refractivity contribution >= 4 is 33.2 Å². The number of nitrogens with zero attached hydrogens (tertiary/aromatic N) is 3. The first-order chi connectivity index (χ1) is 7.70. The first-order valence-electron chi connectivity index (χ1n) is 4.65. The molecule has 0 aromatic carbocycles. The molecule has 0 bridgehead atoms. The van der Waals surface area contributed by atoms with Crippen LogP contribution < -0.4 is 5.43 Å². The van der Waals surface area contributed by atoms with Crippen molar-refractivity contribution in [2.24, 2.45) is 0 Å². The molecule has 2 rings (SSSR count). The molecule has 0 radical (unpaired) electrons. The van der Waals surface area contributed by atoms with Crippen LogP contribution in [0.4, 0.5) is 0 Å². The fourth-order valence-electron chi connectivity index (χ4n) is 1.19. The minimum absolute atomic E-state index is 0.162. The Hall–Kier alpha value is -1.21. The summed E-state index contributed by atoms with van der Waals surface area (Å²) < 4.78 is 2.40. The molecule has 2 heterocycles. The second kappa shape index (κ2) is 4.75. The zero-order chi connectivity index (χ0) is 11.5. The average Bonchev–Trinajstić information content (AvgIpc) is 2.87. The number of carbonyl (C=O) groups is 1. The van der Waals surface area contributed by atoms with Crippen molar-refractivity contribution in [3.8, 4) is 0 Å². The van der Waals surface area contributed by atoms with Crippen molar-refractivity contribution in [2.45, 2.75) is 13.3 Å². The summed E-state index contributed by atoms with van der Waals surface area (Å²) in [6.07, 6.45) is 3.77. The van der Waals surface area contributed by atoms with Crippen molar-refractivity contribution in [2.75, 3.05) is 5.43 Å². The van der Waals surface area contributed by atoms with Crippen molar-refractivity contribution in [1.29, 1.82) is 0 Å². The van der Waals surface area contributed by atoms with Gasteiger partial charge in [0.25, 0.3) is 5.91 Å². The van der Waals surface area contributed by atoms with Crippen molar-refractivity contribution in [1.82, 2.24) is 14.9 Å². The lowest BCUT2D eigenvalue weighted by atomic mass is 10.3. The van der Waals surface area contributed by atoms with E-state index >= 15 is 0 Å². The molecule has 0 fully saturated rings. The van der Waals surface area contributed by atoms with Crippen LogP contribution in [0.2, 0.25) is 0 Å². The number of aromatic nitrogens is 3. The molecule has 0 unspecified atom stereocenters. The maximum Gasteiger partial charge on any atom is 0.280 e.